The van der Waals surface area contributed by atoms with E-state index < -0.39 is 0 Å². The van der Waals surface area contributed by atoms with E-state index in [0.717, 1.165) is 32.2 Å². The van der Waals surface area contributed by atoms with E-state index in [1.54, 1.807) is 23.1 Å². The molecule has 0 saturated heterocycles. The van der Waals surface area contributed by atoms with Gasteiger partial charge in [0, 0.05) is 16.0 Å². The van der Waals surface area contributed by atoms with E-state index in [1.165, 1.54) is 4.90 Å². The highest BCUT2D eigenvalue weighted by molar-refractivity contribution is 7.99. The number of thiazole rings is 1. The lowest BCUT2D eigenvalue weighted by Gasteiger charge is -2.10. The molecule has 1 heterocycles. The highest BCUT2D eigenvalue weighted by atomic mass is 32.2. The van der Waals surface area contributed by atoms with E-state index in [-0.39, 0.29) is 5.91 Å². The fourth-order valence-corrected chi connectivity index (χ4v) is 4.50. The third-order valence-electron chi connectivity index (χ3n) is 4.13. The summed E-state index contributed by atoms with van der Waals surface area (Å²) < 4.78 is 1.14. The Morgan fingerprint density at radius 3 is 2.52 bits per heavy atom. The average molecular weight is 391 g/mol. The third kappa shape index (κ3) is 3.89. The summed E-state index contributed by atoms with van der Waals surface area (Å²) in [6.45, 7) is 2.12. The zero-order valence-corrected chi connectivity index (χ0v) is 16.4. The van der Waals surface area contributed by atoms with Crippen LogP contribution in [-0.2, 0) is 0 Å². The number of benzene rings is 3. The lowest BCUT2D eigenvalue weighted by atomic mass is 10.1. The molecule has 4 rings (SSSR count). The SMILES string of the molecule is CCSc1ccc(C(=O)Nc2ccccc2-c2nc3ccccc3s2)cc1. The number of rotatable bonds is 5. The maximum atomic E-state index is 12.7. The number of thioether (sulfide) groups is 1. The average Bonchev–Trinajstić information content (AvgIpc) is 3.13. The van der Waals surface area contributed by atoms with Crippen LogP contribution in [0.25, 0.3) is 20.8 Å². The van der Waals surface area contributed by atoms with Crippen LogP contribution in [0.1, 0.15) is 17.3 Å². The summed E-state index contributed by atoms with van der Waals surface area (Å²) in [5, 5.41) is 3.95. The maximum Gasteiger partial charge on any atom is 0.255 e. The molecule has 3 nitrogen and oxygen atoms in total. The number of para-hydroxylation sites is 2. The molecule has 0 aliphatic heterocycles. The van der Waals surface area contributed by atoms with Crippen molar-refractivity contribution in [3.63, 3.8) is 0 Å². The second-order valence-electron chi connectivity index (χ2n) is 5.94. The minimum absolute atomic E-state index is 0.114. The minimum atomic E-state index is -0.114. The number of hydrogen-bond donors (Lipinski definition) is 1. The Kier molecular flexibility index (Phi) is 5.23. The summed E-state index contributed by atoms with van der Waals surface area (Å²) >= 11 is 3.39. The smallest absolute Gasteiger partial charge is 0.255 e. The van der Waals surface area contributed by atoms with Gasteiger partial charge in [0.15, 0.2) is 0 Å². The molecule has 0 bridgehead atoms. The molecular weight excluding hydrogens is 372 g/mol. The molecule has 5 heteroatoms. The Labute approximate surface area is 166 Å². The maximum absolute atomic E-state index is 12.7. The Morgan fingerprint density at radius 2 is 1.74 bits per heavy atom. The van der Waals surface area contributed by atoms with Gasteiger partial charge in [-0.05, 0) is 54.3 Å². The van der Waals surface area contributed by atoms with Gasteiger partial charge >= 0.3 is 0 Å². The normalized spacial score (nSPS) is 10.9. The first-order valence-electron chi connectivity index (χ1n) is 8.74. The number of nitrogens with zero attached hydrogens (tertiary/aromatic N) is 1. The van der Waals surface area contributed by atoms with Gasteiger partial charge in [-0.3, -0.25) is 4.79 Å². The highest BCUT2D eigenvalue weighted by Crippen LogP contribution is 2.34. The second kappa shape index (κ2) is 7.94. The monoisotopic (exact) mass is 390 g/mol. The van der Waals surface area contributed by atoms with Crippen molar-refractivity contribution in [1.29, 1.82) is 0 Å². The Bertz CT molecular complexity index is 1050. The molecule has 0 aliphatic carbocycles. The predicted molar refractivity (Wildman–Crippen MR) is 116 cm³/mol. The molecule has 0 saturated carbocycles. The van der Waals surface area contributed by atoms with E-state index in [1.807, 2.05) is 66.7 Å². The van der Waals surface area contributed by atoms with Crippen LogP contribution in [0.4, 0.5) is 5.69 Å². The number of anilines is 1. The van der Waals surface area contributed by atoms with Crippen molar-refractivity contribution in [2.75, 3.05) is 11.1 Å². The Morgan fingerprint density at radius 1 is 1.00 bits per heavy atom. The number of amides is 1. The summed E-state index contributed by atoms with van der Waals surface area (Å²) in [6, 6.07) is 23.6. The van der Waals surface area contributed by atoms with E-state index in [4.69, 9.17) is 4.98 Å². The molecule has 4 aromatic rings. The zero-order chi connectivity index (χ0) is 18.6. The van der Waals surface area contributed by atoms with Gasteiger partial charge in [-0.2, -0.15) is 0 Å². The highest BCUT2D eigenvalue weighted by Gasteiger charge is 2.13. The molecule has 134 valence electrons. The van der Waals surface area contributed by atoms with Crippen LogP contribution in [0.2, 0.25) is 0 Å². The van der Waals surface area contributed by atoms with Gasteiger partial charge in [0.05, 0.1) is 15.9 Å². The number of carbonyl (C=O) groups is 1. The van der Waals surface area contributed by atoms with Crippen molar-refractivity contribution >= 4 is 44.9 Å². The van der Waals surface area contributed by atoms with E-state index in [2.05, 4.69) is 18.3 Å². The second-order valence-corrected chi connectivity index (χ2v) is 8.31. The van der Waals surface area contributed by atoms with Crippen molar-refractivity contribution < 1.29 is 4.79 Å². The number of carbonyl (C=O) groups excluding carboxylic acids is 1. The summed E-state index contributed by atoms with van der Waals surface area (Å²) in [5.41, 5.74) is 3.33. The first kappa shape index (κ1) is 17.8. The van der Waals surface area contributed by atoms with Gasteiger partial charge < -0.3 is 5.32 Å². The van der Waals surface area contributed by atoms with E-state index in [9.17, 15) is 4.79 Å². The number of hydrogen-bond acceptors (Lipinski definition) is 4. The van der Waals surface area contributed by atoms with Gasteiger partial charge in [0.1, 0.15) is 5.01 Å². The summed E-state index contributed by atoms with van der Waals surface area (Å²) in [7, 11) is 0. The fourth-order valence-electron chi connectivity index (χ4n) is 2.83. The predicted octanol–water partition coefficient (Wildman–Crippen LogP) is 6.33. The zero-order valence-electron chi connectivity index (χ0n) is 14.8. The number of aromatic nitrogens is 1. The molecular formula is C22H18N2OS2. The van der Waals surface area contributed by atoms with Crippen molar-refractivity contribution in [3.8, 4) is 10.6 Å². The lowest BCUT2D eigenvalue weighted by molar-refractivity contribution is 0.102. The van der Waals surface area contributed by atoms with Crippen molar-refractivity contribution in [2.24, 2.45) is 0 Å². The number of fused-ring (bicyclic) bond motifs is 1. The lowest BCUT2D eigenvalue weighted by Crippen LogP contribution is -2.12. The molecule has 1 aromatic heterocycles. The van der Waals surface area contributed by atoms with Crippen LogP contribution in [-0.4, -0.2) is 16.6 Å². The van der Waals surface area contributed by atoms with Crippen molar-refractivity contribution in [2.45, 2.75) is 11.8 Å². The Balaban J connectivity index is 1.62. The van der Waals surface area contributed by atoms with Crippen LogP contribution in [0.5, 0.6) is 0 Å². The van der Waals surface area contributed by atoms with Crippen LogP contribution < -0.4 is 5.32 Å². The third-order valence-corrected chi connectivity index (χ3v) is 6.09. The van der Waals surface area contributed by atoms with E-state index >= 15 is 0 Å². The minimum Gasteiger partial charge on any atom is -0.321 e. The largest absolute Gasteiger partial charge is 0.321 e. The summed E-state index contributed by atoms with van der Waals surface area (Å²) in [4.78, 5) is 18.6. The standard InChI is InChI=1S/C22H18N2OS2/c1-2-26-16-13-11-15(12-14-16)21(25)23-18-8-4-3-7-17(18)22-24-19-9-5-6-10-20(19)27-22/h3-14H,2H2,1H3,(H,23,25). The van der Waals surface area contributed by atoms with Crippen LogP contribution >= 0.6 is 23.1 Å². The molecule has 0 radical (unpaired) electrons. The van der Waals surface area contributed by atoms with Crippen LogP contribution in [0.15, 0.2) is 77.7 Å². The van der Waals surface area contributed by atoms with Gasteiger partial charge in [-0.15, -0.1) is 23.1 Å². The molecule has 0 unspecified atom stereocenters. The molecule has 0 atom stereocenters. The first-order chi connectivity index (χ1) is 13.2. The van der Waals surface area contributed by atoms with Gasteiger partial charge in [-0.1, -0.05) is 31.2 Å². The van der Waals surface area contributed by atoms with E-state index in [0.29, 0.717) is 5.56 Å². The topological polar surface area (TPSA) is 42.0 Å². The molecule has 0 fully saturated rings. The van der Waals surface area contributed by atoms with Crippen LogP contribution in [0, 0.1) is 0 Å². The van der Waals surface area contributed by atoms with Crippen molar-refractivity contribution in [3.05, 3.63) is 78.4 Å². The molecule has 1 amide bonds. The molecule has 27 heavy (non-hydrogen) atoms. The molecule has 0 aliphatic rings. The van der Waals surface area contributed by atoms with Crippen LogP contribution in [0.3, 0.4) is 0 Å². The molecule has 1 N–H and O–H groups in total. The van der Waals surface area contributed by atoms with Gasteiger partial charge in [0.25, 0.3) is 5.91 Å². The molecule has 3 aromatic carbocycles. The Hall–Kier alpha value is -2.63. The van der Waals surface area contributed by atoms with Gasteiger partial charge in [0.2, 0.25) is 0 Å². The van der Waals surface area contributed by atoms with Gasteiger partial charge in [-0.25, -0.2) is 4.98 Å². The fraction of sp³-hybridized carbons (Fsp3) is 0.0909. The summed E-state index contributed by atoms with van der Waals surface area (Å²) in [5.74, 6) is 0.901. The molecule has 0 spiro atoms. The summed E-state index contributed by atoms with van der Waals surface area (Å²) in [6.07, 6.45) is 0. The number of nitrogens with one attached hydrogen (secondary N) is 1. The first-order valence-corrected chi connectivity index (χ1v) is 10.5. The van der Waals surface area contributed by atoms with Crippen molar-refractivity contribution in [1.82, 2.24) is 4.98 Å². The quantitative estimate of drug-likeness (QED) is 0.405.